The van der Waals surface area contributed by atoms with Gasteiger partial charge in [0.15, 0.2) is 5.82 Å². The van der Waals surface area contributed by atoms with Crippen LogP contribution in [0.1, 0.15) is 11.7 Å². The van der Waals surface area contributed by atoms with Gasteiger partial charge in [0.05, 0.1) is 18.1 Å². The summed E-state index contributed by atoms with van der Waals surface area (Å²) in [7, 11) is 0. The average molecular weight is 220 g/mol. The number of nitrogens with one attached hydrogen (secondary N) is 1. The number of hydrogen-bond acceptors (Lipinski definition) is 7. The number of rotatable bonds is 4. The van der Waals surface area contributed by atoms with Gasteiger partial charge in [-0.15, -0.1) is 0 Å². The Morgan fingerprint density at radius 2 is 2.12 bits per heavy atom. The van der Waals surface area contributed by atoms with Crippen LogP contribution in [-0.2, 0) is 6.42 Å². The molecule has 0 saturated heterocycles. The fraction of sp³-hybridized carbons (Fsp3) is 0.333. The molecule has 0 aliphatic carbocycles. The van der Waals surface area contributed by atoms with Crippen molar-refractivity contribution in [2.45, 2.75) is 13.3 Å². The van der Waals surface area contributed by atoms with Gasteiger partial charge in [-0.3, -0.25) is 0 Å². The molecule has 0 saturated carbocycles. The smallest absolute Gasteiger partial charge is 0.223 e. The number of nitrogens with zero attached hydrogens (tertiary/aromatic N) is 4. The van der Waals surface area contributed by atoms with Crippen LogP contribution in [0.4, 0.5) is 11.6 Å². The van der Waals surface area contributed by atoms with E-state index in [-0.39, 0.29) is 0 Å². The Labute approximate surface area is 92.1 Å². The minimum absolute atomic E-state index is 0.536. The van der Waals surface area contributed by atoms with Crippen molar-refractivity contribution in [3.05, 3.63) is 24.1 Å². The quantitative estimate of drug-likeness (QED) is 0.768. The second kappa shape index (κ2) is 4.56. The van der Waals surface area contributed by atoms with E-state index in [4.69, 9.17) is 10.3 Å². The summed E-state index contributed by atoms with van der Waals surface area (Å²) in [5, 5.41) is 6.80. The third-order valence-corrected chi connectivity index (χ3v) is 1.87. The van der Waals surface area contributed by atoms with E-state index in [2.05, 4.69) is 25.4 Å². The van der Waals surface area contributed by atoms with E-state index >= 15 is 0 Å². The van der Waals surface area contributed by atoms with E-state index in [9.17, 15) is 0 Å². The van der Waals surface area contributed by atoms with E-state index in [0.717, 1.165) is 0 Å². The highest BCUT2D eigenvalue weighted by molar-refractivity contribution is 5.35. The van der Waals surface area contributed by atoms with E-state index < -0.39 is 0 Å². The van der Waals surface area contributed by atoms with E-state index in [0.29, 0.717) is 36.3 Å². The van der Waals surface area contributed by atoms with Crippen molar-refractivity contribution in [2.24, 2.45) is 0 Å². The first-order valence-electron chi connectivity index (χ1n) is 4.84. The maximum atomic E-state index is 5.46. The van der Waals surface area contributed by atoms with Gasteiger partial charge in [-0.05, 0) is 0 Å². The molecule has 2 heterocycles. The fourth-order valence-corrected chi connectivity index (χ4v) is 1.16. The molecule has 7 nitrogen and oxygen atoms in total. The summed E-state index contributed by atoms with van der Waals surface area (Å²) < 4.78 is 4.85. The van der Waals surface area contributed by atoms with Crippen LogP contribution in [0.15, 0.2) is 16.9 Å². The molecule has 0 bridgehead atoms. The number of nitrogens with two attached hydrogens (primary N) is 1. The molecule has 2 aromatic heterocycles. The van der Waals surface area contributed by atoms with Crippen LogP contribution < -0.4 is 11.1 Å². The van der Waals surface area contributed by atoms with Crippen molar-refractivity contribution in [2.75, 3.05) is 17.6 Å². The Bertz CT molecular complexity index is 451. The molecule has 0 unspecified atom stereocenters. The number of anilines is 2. The van der Waals surface area contributed by atoms with Gasteiger partial charge >= 0.3 is 0 Å². The fourth-order valence-electron chi connectivity index (χ4n) is 1.16. The first-order valence-corrected chi connectivity index (χ1v) is 4.84. The zero-order chi connectivity index (χ0) is 11.4. The number of nitrogen functional groups attached to an aromatic ring is 1. The summed E-state index contributed by atoms with van der Waals surface area (Å²) in [5.74, 6) is 1.77. The van der Waals surface area contributed by atoms with Crippen LogP contribution in [0.5, 0.6) is 0 Å². The summed E-state index contributed by atoms with van der Waals surface area (Å²) in [6.07, 6.45) is 3.76. The first kappa shape index (κ1) is 10.3. The minimum atomic E-state index is 0.536. The van der Waals surface area contributed by atoms with Gasteiger partial charge in [0, 0.05) is 19.9 Å². The number of aryl methyl sites for hydroxylation is 1. The van der Waals surface area contributed by atoms with Gasteiger partial charge in [0.2, 0.25) is 11.8 Å². The summed E-state index contributed by atoms with van der Waals surface area (Å²) >= 11 is 0. The molecule has 3 N–H and O–H groups in total. The highest BCUT2D eigenvalue weighted by Gasteiger charge is 2.01. The number of aromatic nitrogens is 4. The van der Waals surface area contributed by atoms with E-state index in [1.54, 1.807) is 19.3 Å². The summed E-state index contributed by atoms with van der Waals surface area (Å²) in [4.78, 5) is 12.1. The van der Waals surface area contributed by atoms with Crippen LogP contribution in [-0.4, -0.2) is 26.7 Å². The minimum Gasteiger partial charge on any atom is -0.396 e. The Balaban J connectivity index is 1.82. The Morgan fingerprint density at radius 1 is 1.38 bits per heavy atom. The van der Waals surface area contributed by atoms with Crippen LogP contribution in [0, 0.1) is 6.92 Å². The molecule has 0 amide bonds. The second-order valence-corrected chi connectivity index (χ2v) is 3.25. The lowest BCUT2D eigenvalue weighted by Gasteiger charge is -2.01. The predicted octanol–water partition coefficient (Wildman–Crippen LogP) is 0.405. The standard InChI is InChI=1S/C9H12N6O/c1-6-14-8(15-16-6)2-3-11-9-12-4-7(10)5-13-9/h4-5H,2-3,10H2,1H3,(H,11,12,13). The molecule has 2 aromatic rings. The topological polar surface area (TPSA) is 103 Å². The Kier molecular flexibility index (Phi) is 2.95. The summed E-state index contributed by atoms with van der Waals surface area (Å²) in [5.41, 5.74) is 6.01. The number of hydrogen-bond donors (Lipinski definition) is 2. The van der Waals surface area contributed by atoms with Gasteiger partial charge in [-0.25, -0.2) is 9.97 Å². The molecule has 0 aliphatic rings. The van der Waals surface area contributed by atoms with Crippen molar-refractivity contribution in [1.82, 2.24) is 20.1 Å². The van der Waals surface area contributed by atoms with Gasteiger partial charge in [-0.2, -0.15) is 4.98 Å². The normalized spacial score (nSPS) is 10.3. The van der Waals surface area contributed by atoms with Gasteiger partial charge < -0.3 is 15.6 Å². The molecule has 0 spiro atoms. The summed E-state index contributed by atoms with van der Waals surface area (Å²) in [6, 6.07) is 0. The Hall–Kier alpha value is -2.18. The predicted molar refractivity (Wildman–Crippen MR) is 57.7 cm³/mol. The molecule has 0 aliphatic heterocycles. The van der Waals surface area contributed by atoms with Crippen molar-refractivity contribution in [3.8, 4) is 0 Å². The van der Waals surface area contributed by atoms with Crippen LogP contribution >= 0.6 is 0 Å². The van der Waals surface area contributed by atoms with Gasteiger partial charge in [0.1, 0.15) is 0 Å². The van der Waals surface area contributed by atoms with Crippen molar-refractivity contribution in [1.29, 1.82) is 0 Å². The molecule has 0 aromatic carbocycles. The third-order valence-electron chi connectivity index (χ3n) is 1.87. The maximum absolute atomic E-state index is 5.46. The molecule has 0 atom stereocenters. The van der Waals surface area contributed by atoms with Crippen molar-refractivity contribution >= 4 is 11.6 Å². The molecular weight excluding hydrogens is 208 g/mol. The highest BCUT2D eigenvalue weighted by Crippen LogP contribution is 2.01. The zero-order valence-corrected chi connectivity index (χ0v) is 8.84. The maximum Gasteiger partial charge on any atom is 0.223 e. The van der Waals surface area contributed by atoms with E-state index in [1.807, 2.05) is 0 Å². The lowest BCUT2D eigenvalue weighted by molar-refractivity contribution is 0.387. The van der Waals surface area contributed by atoms with E-state index in [1.165, 1.54) is 0 Å². The van der Waals surface area contributed by atoms with Crippen molar-refractivity contribution < 1.29 is 4.52 Å². The Morgan fingerprint density at radius 3 is 2.75 bits per heavy atom. The highest BCUT2D eigenvalue weighted by atomic mass is 16.5. The molecule has 2 rings (SSSR count). The lowest BCUT2D eigenvalue weighted by atomic mass is 10.4. The van der Waals surface area contributed by atoms with Gasteiger partial charge in [-0.1, -0.05) is 5.16 Å². The van der Waals surface area contributed by atoms with Crippen LogP contribution in [0.3, 0.4) is 0 Å². The molecule has 0 fully saturated rings. The molecule has 0 radical (unpaired) electrons. The molecular formula is C9H12N6O. The zero-order valence-electron chi connectivity index (χ0n) is 8.84. The monoisotopic (exact) mass is 220 g/mol. The molecule has 16 heavy (non-hydrogen) atoms. The molecule has 84 valence electrons. The van der Waals surface area contributed by atoms with Crippen molar-refractivity contribution in [3.63, 3.8) is 0 Å². The SMILES string of the molecule is Cc1nc(CCNc2ncc(N)cn2)no1. The second-order valence-electron chi connectivity index (χ2n) is 3.25. The van der Waals surface area contributed by atoms with Crippen LogP contribution in [0.2, 0.25) is 0 Å². The average Bonchev–Trinajstić information content (AvgIpc) is 2.67. The largest absolute Gasteiger partial charge is 0.396 e. The van der Waals surface area contributed by atoms with Crippen LogP contribution in [0.25, 0.3) is 0 Å². The van der Waals surface area contributed by atoms with Gasteiger partial charge in [0.25, 0.3) is 0 Å². The molecule has 7 heteroatoms. The lowest BCUT2D eigenvalue weighted by Crippen LogP contribution is -2.08. The first-order chi connectivity index (χ1) is 7.74. The third kappa shape index (κ3) is 2.66. The summed E-state index contributed by atoms with van der Waals surface area (Å²) in [6.45, 7) is 2.40.